The second-order valence-corrected chi connectivity index (χ2v) is 4.17. The molecule has 18 heavy (non-hydrogen) atoms. The number of methoxy groups -OCH3 is 2. The summed E-state index contributed by atoms with van der Waals surface area (Å²) in [4.78, 5) is 11.6. The lowest BCUT2D eigenvalue weighted by Gasteiger charge is -2.16. The quantitative estimate of drug-likeness (QED) is 0.844. The summed E-state index contributed by atoms with van der Waals surface area (Å²) in [6, 6.07) is 5.66. The lowest BCUT2D eigenvalue weighted by molar-refractivity contribution is -0.121. The van der Waals surface area contributed by atoms with E-state index in [-0.39, 0.29) is 11.8 Å². The van der Waals surface area contributed by atoms with Crippen LogP contribution in [0.4, 0.5) is 0 Å². The molecule has 0 fully saturated rings. The van der Waals surface area contributed by atoms with Crippen LogP contribution in [0, 0.1) is 0 Å². The fourth-order valence-corrected chi connectivity index (χ4v) is 1.88. The van der Waals surface area contributed by atoms with Crippen LogP contribution < -0.4 is 14.8 Å². The molecule has 1 rings (SSSR count). The van der Waals surface area contributed by atoms with Gasteiger partial charge in [0.1, 0.15) is 11.5 Å². The minimum Gasteiger partial charge on any atom is -0.497 e. The smallest absolute Gasteiger partial charge is 0.220 e. The molecular weight excluding hydrogens is 230 g/mol. The van der Waals surface area contributed by atoms with Crippen LogP contribution >= 0.6 is 0 Å². The maximum atomic E-state index is 11.6. The van der Waals surface area contributed by atoms with E-state index in [9.17, 15) is 4.79 Å². The minimum atomic E-state index is 0.0582. The average molecular weight is 251 g/mol. The molecular formula is C14H21NO3. The van der Waals surface area contributed by atoms with Gasteiger partial charge in [-0.2, -0.15) is 0 Å². The van der Waals surface area contributed by atoms with E-state index in [1.165, 1.54) is 0 Å². The first-order valence-corrected chi connectivity index (χ1v) is 6.11. The number of hydrogen-bond donors (Lipinski definition) is 1. The predicted molar refractivity (Wildman–Crippen MR) is 71.3 cm³/mol. The van der Waals surface area contributed by atoms with E-state index in [1.807, 2.05) is 32.0 Å². The van der Waals surface area contributed by atoms with E-state index in [4.69, 9.17) is 9.47 Å². The molecule has 1 aromatic rings. The number of benzene rings is 1. The van der Waals surface area contributed by atoms with Crippen LogP contribution in [0.25, 0.3) is 0 Å². The Morgan fingerprint density at radius 3 is 2.61 bits per heavy atom. The zero-order valence-corrected chi connectivity index (χ0v) is 11.4. The molecule has 1 amide bonds. The third kappa shape index (κ3) is 3.65. The summed E-state index contributed by atoms with van der Waals surface area (Å²) in [6.07, 6.45) is 0.455. The van der Waals surface area contributed by atoms with Gasteiger partial charge in [-0.3, -0.25) is 4.79 Å². The second-order valence-electron chi connectivity index (χ2n) is 4.17. The van der Waals surface area contributed by atoms with Gasteiger partial charge in [-0.25, -0.2) is 0 Å². The van der Waals surface area contributed by atoms with Crippen molar-refractivity contribution in [3.05, 3.63) is 23.8 Å². The molecule has 4 heteroatoms. The molecule has 1 aromatic carbocycles. The van der Waals surface area contributed by atoms with Crippen molar-refractivity contribution in [2.75, 3.05) is 20.8 Å². The van der Waals surface area contributed by atoms with Crippen LogP contribution in [0.3, 0.4) is 0 Å². The third-order valence-corrected chi connectivity index (χ3v) is 2.84. The maximum Gasteiger partial charge on any atom is 0.220 e. The Morgan fingerprint density at radius 1 is 1.33 bits per heavy atom. The Morgan fingerprint density at radius 2 is 2.06 bits per heavy atom. The number of carbonyl (C=O) groups is 1. The highest BCUT2D eigenvalue weighted by atomic mass is 16.5. The second kappa shape index (κ2) is 6.89. The molecule has 0 saturated carbocycles. The molecule has 0 spiro atoms. The van der Waals surface area contributed by atoms with Gasteiger partial charge in [0, 0.05) is 19.0 Å². The summed E-state index contributed by atoms with van der Waals surface area (Å²) in [5.41, 5.74) is 1.02. The van der Waals surface area contributed by atoms with E-state index < -0.39 is 0 Å². The van der Waals surface area contributed by atoms with Crippen molar-refractivity contribution < 1.29 is 14.3 Å². The lowest BCUT2D eigenvalue weighted by atomic mass is 9.96. The fourth-order valence-electron chi connectivity index (χ4n) is 1.88. The highest BCUT2D eigenvalue weighted by Gasteiger charge is 2.15. The van der Waals surface area contributed by atoms with Crippen molar-refractivity contribution in [3.8, 4) is 11.5 Å². The molecule has 0 radical (unpaired) electrons. The zero-order valence-electron chi connectivity index (χ0n) is 11.4. The first-order valence-electron chi connectivity index (χ1n) is 6.11. The Bertz CT molecular complexity index is 404. The molecule has 0 aromatic heterocycles. The first kappa shape index (κ1) is 14.4. The molecule has 0 aliphatic heterocycles. The van der Waals surface area contributed by atoms with Gasteiger partial charge in [0.15, 0.2) is 0 Å². The van der Waals surface area contributed by atoms with Crippen molar-refractivity contribution >= 4 is 5.91 Å². The zero-order chi connectivity index (χ0) is 13.5. The van der Waals surface area contributed by atoms with Crippen LogP contribution in [-0.4, -0.2) is 26.7 Å². The average Bonchev–Trinajstić information content (AvgIpc) is 2.38. The van der Waals surface area contributed by atoms with Gasteiger partial charge in [0.2, 0.25) is 5.91 Å². The van der Waals surface area contributed by atoms with Crippen molar-refractivity contribution in [2.24, 2.45) is 0 Å². The monoisotopic (exact) mass is 251 g/mol. The van der Waals surface area contributed by atoms with E-state index >= 15 is 0 Å². The van der Waals surface area contributed by atoms with E-state index in [0.717, 1.165) is 17.1 Å². The molecule has 100 valence electrons. The summed E-state index contributed by atoms with van der Waals surface area (Å²) in [5.74, 6) is 1.67. The number of rotatable bonds is 6. The topological polar surface area (TPSA) is 47.6 Å². The van der Waals surface area contributed by atoms with Gasteiger partial charge in [0.25, 0.3) is 0 Å². The molecule has 0 heterocycles. The Hall–Kier alpha value is -1.71. The number of ether oxygens (including phenoxy) is 2. The normalized spacial score (nSPS) is 11.8. The van der Waals surface area contributed by atoms with Crippen molar-refractivity contribution in [2.45, 2.75) is 26.2 Å². The summed E-state index contributed by atoms with van der Waals surface area (Å²) in [7, 11) is 3.24. The third-order valence-electron chi connectivity index (χ3n) is 2.84. The van der Waals surface area contributed by atoms with Crippen molar-refractivity contribution in [3.63, 3.8) is 0 Å². The van der Waals surface area contributed by atoms with Gasteiger partial charge in [-0.05, 0) is 24.5 Å². The molecule has 0 aliphatic carbocycles. The number of amides is 1. The van der Waals surface area contributed by atoms with Crippen LogP contribution in [0.2, 0.25) is 0 Å². The van der Waals surface area contributed by atoms with Gasteiger partial charge in [-0.15, -0.1) is 0 Å². The molecule has 1 atom stereocenters. The molecule has 0 aliphatic rings. The lowest BCUT2D eigenvalue weighted by Crippen LogP contribution is -2.24. The van der Waals surface area contributed by atoms with Gasteiger partial charge >= 0.3 is 0 Å². The van der Waals surface area contributed by atoms with Crippen LogP contribution in [0.1, 0.15) is 31.7 Å². The van der Waals surface area contributed by atoms with E-state index in [0.29, 0.717) is 13.0 Å². The predicted octanol–water partition coefficient (Wildman–Crippen LogP) is 2.33. The SMILES string of the molecule is CCNC(=O)CC(C)c1ccc(OC)cc1OC. The number of carbonyl (C=O) groups excluding carboxylic acids is 1. The van der Waals surface area contributed by atoms with Crippen molar-refractivity contribution in [1.29, 1.82) is 0 Å². The molecule has 4 nitrogen and oxygen atoms in total. The first-order chi connectivity index (χ1) is 8.62. The largest absolute Gasteiger partial charge is 0.497 e. The molecule has 1 N–H and O–H groups in total. The summed E-state index contributed by atoms with van der Waals surface area (Å²) in [5, 5.41) is 2.80. The maximum absolute atomic E-state index is 11.6. The van der Waals surface area contributed by atoms with Gasteiger partial charge in [0.05, 0.1) is 14.2 Å². The van der Waals surface area contributed by atoms with Gasteiger partial charge < -0.3 is 14.8 Å². The summed E-state index contributed by atoms with van der Waals surface area (Å²) < 4.78 is 10.5. The Kier molecular flexibility index (Phi) is 5.49. The molecule has 0 bridgehead atoms. The van der Waals surface area contributed by atoms with E-state index in [1.54, 1.807) is 14.2 Å². The number of nitrogens with one attached hydrogen (secondary N) is 1. The van der Waals surface area contributed by atoms with Gasteiger partial charge in [-0.1, -0.05) is 13.0 Å². The van der Waals surface area contributed by atoms with Crippen molar-refractivity contribution in [1.82, 2.24) is 5.32 Å². The molecule has 1 unspecified atom stereocenters. The fraction of sp³-hybridized carbons (Fsp3) is 0.500. The number of hydrogen-bond acceptors (Lipinski definition) is 3. The van der Waals surface area contributed by atoms with Crippen LogP contribution in [0.5, 0.6) is 11.5 Å². The van der Waals surface area contributed by atoms with Crippen LogP contribution in [0.15, 0.2) is 18.2 Å². The Balaban J connectivity index is 2.84. The highest BCUT2D eigenvalue weighted by Crippen LogP contribution is 2.31. The standard InChI is InChI=1S/C14H21NO3/c1-5-15-14(16)8-10(2)12-7-6-11(17-3)9-13(12)18-4/h6-7,9-10H,5,8H2,1-4H3,(H,15,16). The Labute approximate surface area is 108 Å². The summed E-state index contributed by atoms with van der Waals surface area (Å²) >= 11 is 0. The van der Waals surface area contributed by atoms with Crippen LogP contribution in [-0.2, 0) is 4.79 Å². The van der Waals surface area contributed by atoms with E-state index in [2.05, 4.69) is 5.32 Å². The minimum absolute atomic E-state index is 0.0582. The summed E-state index contributed by atoms with van der Waals surface area (Å²) in [6.45, 7) is 4.58. The highest BCUT2D eigenvalue weighted by molar-refractivity contribution is 5.76. The molecule has 0 saturated heterocycles.